The van der Waals surface area contributed by atoms with E-state index in [-0.39, 0.29) is 0 Å². The molecule has 0 aliphatic heterocycles. The van der Waals surface area contributed by atoms with Gasteiger partial charge in [0.05, 0.1) is 0 Å². The summed E-state index contributed by atoms with van der Waals surface area (Å²) >= 11 is 0. The maximum absolute atomic E-state index is 15.4. The Bertz CT molecular complexity index is 2340. The van der Waals surface area contributed by atoms with E-state index < -0.39 is 144 Å². The average Bonchev–Trinajstić information content (AvgIpc) is 3.27. The van der Waals surface area contributed by atoms with Crippen LogP contribution in [0.3, 0.4) is 0 Å². The number of nitrogens with zero attached hydrogens (tertiary/aromatic N) is 1. The number of rotatable bonds is 10. The molecule has 63 heavy (non-hydrogen) atoms. The molecular weight excluding hydrogens is 897 g/mol. The predicted octanol–water partition coefficient (Wildman–Crippen LogP) is 9.60. The van der Waals surface area contributed by atoms with E-state index in [1.165, 1.54) is 36.9 Å². The summed E-state index contributed by atoms with van der Waals surface area (Å²) in [5, 5.41) is 0. The molecule has 0 saturated heterocycles. The van der Waals surface area contributed by atoms with Crippen LogP contribution in [0.25, 0.3) is 0 Å². The van der Waals surface area contributed by atoms with Crippen LogP contribution in [0.4, 0.5) is 87.8 Å². The molecule has 0 radical (unpaired) electrons. The molecule has 0 atom stereocenters. The van der Waals surface area contributed by atoms with Crippen LogP contribution in [-0.4, -0.2) is 6.15 Å². The van der Waals surface area contributed by atoms with Gasteiger partial charge in [0.25, 0.3) is 0 Å². The van der Waals surface area contributed by atoms with Gasteiger partial charge in [-0.05, 0) is 6.42 Å². The van der Waals surface area contributed by atoms with E-state index in [9.17, 15) is 52.7 Å². The molecule has 1 aromatic heterocycles. The number of hydrogen-bond donors (Lipinski definition) is 0. The van der Waals surface area contributed by atoms with Gasteiger partial charge in [-0.2, -0.15) is 4.57 Å². The van der Waals surface area contributed by atoms with Crippen molar-refractivity contribution in [2.45, 2.75) is 39.2 Å². The molecule has 1 nitrogen and oxygen atoms in total. The molecule has 0 spiro atoms. The monoisotopic (exact) mass is 919 g/mol. The van der Waals surface area contributed by atoms with Crippen molar-refractivity contribution in [3.63, 3.8) is 0 Å². The Balaban J connectivity index is 0.000000345. The highest BCUT2D eigenvalue weighted by atomic mass is 19.2. The van der Waals surface area contributed by atoms with E-state index in [0.29, 0.717) is 0 Å². The highest BCUT2D eigenvalue weighted by Gasteiger charge is 2.52. The first-order valence-corrected chi connectivity index (χ1v) is 17.8. The van der Waals surface area contributed by atoms with Gasteiger partial charge < -0.3 is 0 Å². The van der Waals surface area contributed by atoms with E-state index in [0.717, 1.165) is 6.54 Å². The van der Waals surface area contributed by atoms with Crippen LogP contribution >= 0.6 is 0 Å². The highest BCUT2D eigenvalue weighted by molar-refractivity contribution is 7.20. The number of benzene rings is 5. The fourth-order valence-corrected chi connectivity index (χ4v) is 7.10. The molecule has 334 valence electrons. The fraction of sp³-hybridized carbons (Fsp3) is 0.146. The van der Waals surface area contributed by atoms with Crippen molar-refractivity contribution in [1.29, 1.82) is 0 Å². The molecule has 1 heterocycles. The van der Waals surface area contributed by atoms with E-state index in [1.807, 2.05) is 0 Å². The van der Waals surface area contributed by atoms with Crippen LogP contribution in [0.5, 0.6) is 0 Å². The van der Waals surface area contributed by atoms with Crippen LogP contribution in [-0.2, 0) is 13.0 Å². The topological polar surface area (TPSA) is 3.88 Å². The Kier molecular flexibility index (Phi) is 14.2. The maximum atomic E-state index is 15.4. The number of hydrogen-bond acceptors (Lipinski definition) is 0. The number of unbranched alkanes of at least 4 members (excludes halogenated alkanes) is 2. The molecule has 5 aromatic carbocycles. The molecule has 6 aromatic rings. The van der Waals surface area contributed by atoms with E-state index in [2.05, 4.69) is 66.2 Å². The first kappa shape index (κ1) is 48.0. The van der Waals surface area contributed by atoms with Crippen molar-refractivity contribution < 1.29 is 92.4 Å². The molecule has 0 aliphatic carbocycles. The summed E-state index contributed by atoms with van der Waals surface area (Å²) in [6, 6.07) is 17.2. The number of pyridine rings is 1. The zero-order valence-corrected chi connectivity index (χ0v) is 31.3. The molecule has 22 heteroatoms. The van der Waals surface area contributed by atoms with Gasteiger partial charge in [-0.25, -0.2) is 87.8 Å². The minimum absolute atomic E-state index is 0.975. The van der Waals surface area contributed by atoms with Crippen molar-refractivity contribution >= 4 is 28.0 Å². The third-order valence-electron chi connectivity index (χ3n) is 9.97. The molecule has 0 saturated carbocycles. The lowest BCUT2D eigenvalue weighted by Crippen LogP contribution is -2.81. The molecular formula is C41H22BF20N. The Morgan fingerprint density at radius 3 is 0.937 bits per heavy atom. The van der Waals surface area contributed by atoms with Crippen LogP contribution in [0.15, 0.2) is 54.7 Å². The molecule has 0 fully saturated rings. The summed E-state index contributed by atoms with van der Waals surface area (Å²) in [5.41, 5.74) is -11.5. The summed E-state index contributed by atoms with van der Waals surface area (Å²) in [6.07, 6.45) is 0.0437. The first-order valence-electron chi connectivity index (χ1n) is 17.8. The molecule has 0 N–H and O–H groups in total. The number of aromatic nitrogens is 1. The maximum Gasteiger partial charge on any atom is 0.200 e. The lowest BCUT2D eigenvalue weighted by atomic mass is 9.12. The largest absolute Gasteiger partial charge is 0.207 e. The van der Waals surface area contributed by atoms with Crippen molar-refractivity contribution in [2.75, 3.05) is 0 Å². The van der Waals surface area contributed by atoms with Crippen molar-refractivity contribution in [1.82, 2.24) is 0 Å². The fourth-order valence-electron chi connectivity index (χ4n) is 7.10. The molecule has 0 aliphatic rings. The van der Waals surface area contributed by atoms with Crippen molar-refractivity contribution in [3.05, 3.63) is 182 Å². The van der Waals surface area contributed by atoms with Crippen LogP contribution in [0.2, 0.25) is 0 Å². The average molecular weight is 919 g/mol. The second-order valence-electron chi connectivity index (χ2n) is 13.6. The quantitative estimate of drug-likeness (QED) is 0.0322. The van der Waals surface area contributed by atoms with Crippen molar-refractivity contribution in [2.24, 2.45) is 0 Å². The van der Waals surface area contributed by atoms with E-state index >= 15 is 35.1 Å². The molecule has 0 bridgehead atoms. The Morgan fingerprint density at radius 2 is 0.635 bits per heavy atom. The minimum Gasteiger partial charge on any atom is -0.207 e. The first-order chi connectivity index (χ1) is 29.6. The predicted molar refractivity (Wildman–Crippen MR) is 185 cm³/mol. The van der Waals surface area contributed by atoms with Crippen molar-refractivity contribution in [3.8, 4) is 0 Å². The van der Waals surface area contributed by atoms with Crippen LogP contribution in [0.1, 0.15) is 37.4 Å². The summed E-state index contributed by atoms with van der Waals surface area (Å²) in [7, 11) is 0. The standard InChI is InChI=1S/C24BF20.C17H22N/c26-5-1(6(27)14(35)21(42)13(5)34)25(2-7(28)15(36)22(43)16(37)8(2)29,3-9(30)17(38)23(44)18(39)10(3)31)4-11(32)19(40)24(45)20(41)12(4)33;1-2-3-5-12-17-13-8-9-14-18(17)15-16-10-6-4-7-11-16/h;4,6-11,13-14H,2-3,5,12,15H2,1H3/q-1;+1. The lowest BCUT2D eigenvalue weighted by molar-refractivity contribution is -0.695. The summed E-state index contributed by atoms with van der Waals surface area (Å²) < 4.78 is 296. The second-order valence-corrected chi connectivity index (χ2v) is 13.6. The zero-order chi connectivity index (χ0) is 47.0. The lowest BCUT2D eigenvalue weighted by Gasteiger charge is -2.44. The third-order valence-corrected chi connectivity index (χ3v) is 9.97. The van der Waals surface area contributed by atoms with E-state index in [4.69, 9.17) is 0 Å². The molecule has 0 unspecified atom stereocenters. The SMILES string of the molecule is CCCCCc1cccc[n+]1Cc1ccccc1.Fc1c(F)c(F)c([B-](c2c(F)c(F)c(F)c(F)c2F)(c2c(F)c(F)c(F)c(F)c2F)c2c(F)c(F)c(F)c(F)c2F)c(F)c1F. The summed E-state index contributed by atoms with van der Waals surface area (Å²) in [5.74, 6) is -71.4. The van der Waals surface area contributed by atoms with Gasteiger partial charge >= 0.3 is 0 Å². The Labute approximate surface area is 341 Å². The van der Waals surface area contributed by atoms with Gasteiger partial charge in [0.2, 0.25) is 0 Å². The third kappa shape index (κ3) is 8.07. The summed E-state index contributed by atoms with van der Waals surface area (Å²) in [6.45, 7) is 3.23. The molecule has 0 amide bonds. The summed E-state index contributed by atoms with van der Waals surface area (Å²) in [4.78, 5) is 0. The highest BCUT2D eigenvalue weighted by Crippen LogP contribution is 2.30. The van der Waals surface area contributed by atoms with Gasteiger partial charge in [-0.1, -0.05) is 56.2 Å². The van der Waals surface area contributed by atoms with Crippen LogP contribution < -0.4 is 26.4 Å². The Morgan fingerprint density at radius 1 is 0.349 bits per heavy atom. The smallest absolute Gasteiger partial charge is 0.200 e. The van der Waals surface area contributed by atoms with Gasteiger partial charge in [-0.15, -0.1) is 21.9 Å². The Hall–Kier alpha value is -6.09. The second kappa shape index (κ2) is 18.7. The number of aryl methyl sites for hydroxylation is 1. The number of halogens is 20. The van der Waals surface area contributed by atoms with Crippen LogP contribution in [0, 0.1) is 116 Å². The molecule has 6 rings (SSSR count). The zero-order valence-electron chi connectivity index (χ0n) is 31.3. The van der Waals surface area contributed by atoms with Gasteiger partial charge in [-0.3, -0.25) is 0 Å². The minimum atomic E-state index is -7.22. The van der Waals surface area contributed by atoms with Gasteiger partial charge in [0, 0.05) is 24.1 Å². The normalized spacial score (nSPS) is 11.6. The van der Waals surface area contributed by atoms with Gasteiger partial charge in [0.15, 0.2) is 88.2 Å². The van der Waals surface area contributed by atoms with E-state index in [1.54, 1.807) is 0 Å². The van der Waals surface area contributed by atoms with Gasteiger partial charge in [0.1, 0.15) is 52.7 Å².